The third-order valence-corrected chi connectivity index (χ3v) is 4.96. The number of aliphatic carboxylic acids is 1. The highest BCUT2D eigenvalue weighted by Crippen LogP contribution is 2.41. The van der Waals surface area contributed by atoms with E-state index in [4.69, 9.17) is 21.4 Å². The number of hydrogen-bond acceptors (Lipinski definition) is 4. The van der Waals surface area contributed by atoms with Gasteiger partial charge in [0, 0.05) is 36.6 Å². The van der Waals surface area contributed by atoms with Gasteiger partial charge in [0.25, 0.3) is 0 Å². The molecular formula is C18H24ClN3O4. The summed E-state index contributed by atoms with van der Waals surface area (Å²) in [5, 5.41) is 12.6. The van der Waals surface area contributed by atoms with Crippen LogP contribution in [0.15, 0.2) is 24.3 Å². The lowest BCUT2D eigenvalue weighted by Gasteiger charge is -2.34. The van der Waals surface area contributed by atoms with Gasteiger partial charge in [-0.3, -0.25) is 9.69 Å². The Morgan fingerprint density at radius 2 is 2.27 bits per heavy atom. The molecule has 1 aromatic carbocycles. The summed E-state index contributed by atoms with van der Waals surface area (Å²) in [5.41, 5.74) is 1.15. The zero-order chi connectivity index (χ0) is 18.7. The first-order chi connectivity index (χ1) is 12.4. The Bertz CT molecular complexity index is 672. The third-order valence-electron chi connectivity index (χ3n) is 4.72. The van der Waals surface area contributed by atoms with E-state index in [2.05, 4.69) is 5.32 Å². The number of ether oxygens (including phenoxy) is 1. The maximum absolute atomic E-state index is 12.5. The van der Waals surface area contributed by atoms with Crippen LogP contribution in [-0.2, 0) is 9.53 Å². The van der Waals surface area contributed by atoms with E-state index in [1.165, 1.54) is 0 Å². The van der Waals surface area contributed by atoms with E-state index < -0.39 is 5.97 Å². The number of amides is 2. The minimum Gasteiger partial charge on any atom is -0.480 e. The van der Waals surface area contributed by atoms with E-state index in [0.717, 1.165) is 12.0 Å². The molecule has 0 spiro atoms. The smallest absolute Gasteiger partial charge is 0.317 e. The lowest BCUT2D eigenvalue weighted by atomic mass is 10.1. The number of benzene rings is 1. The van der Waals surface area contributed by atoms with E-state index >= 15 is 0 Å². The van der Waals surface area contributed by atoms with Gasteiger partial charge in [0.1, 0.15) is 0 Å². The van der Waals surface area contributed by atoms with Crippen molar-refractivity contribution in [1.29, 1.82) is 0 Å². The van der Waals surface area contributed by atoms with Crippen molar-refractivity contribution < 1.29 is 19.4 Å². The van der Waals surface area contributed by atoms with Crippen LogP contribution in [0.5, 0.6) is 0 Å². The van der Waals surface area contributed by atoms with Crippen molar-refractivity contribution >= 4 is 23.6 Å². The SMILES string of the molecule is CN(CC(=O)O)CC1CN(C(=O)N[C@@H]2C[C@H]2c2cccc(Cl)c2)CCO1. The molecule has 1 heterocycles. The number of rotatable bonds is 6. The van der Waals surface area contributed by atoms with Crippen LogP contribution >= 0.6 is 11.6 Å². The van der Waals surface area contributed by atoms with Gasteiger partial charge < -0.3 is 20.1 Å². The number of nitrogens with one attached hydrogen (secondary N) is 1. The van der Waals surface area contributed by atoms with Crippen molar-refractivity contribution in [2.45, 2.75) is 24.5 Å². The molecule has 0 aromatic heterocycles. The summed E-state index contributed by atoms with van der Waals surface area (Å²) in [4.78, 5) is 26.7. The standard InChI is InChI=1S/C18H24ClN3O4/c1-21(11-17(23)24)9-14-10-22(5-6-26-14)18(25)20-16-8-15(16)12-3-2-4-13(19)7-12/h2-4,7,14-16H,5-6,8-11H2,1H3,(H,20,25)(H,23,24)/t14?,15-,16+/m0/s1. The molecule has 7 nitrogen and oxygen atoms in total. The van der Waals surface area contributed by atoms with Crippen molar-refractivity contribution in [3.63, 3.8) is 0 Å². The molecule has 0 radical (unpaired) electrons. The number of likely N-dealkylation sites (N-methyl/N-ethyl adjacent to an activating group) is 1. The molecule has 1 unspecified atom stereocenters. The van der Waals surface area contributed by atoms with Gasteiger partial charge in [-0.25, -0.2) is 4.79 Å². The van der Waals surface area contributed by atoms with Crippen molar-refractivity contribution in [1.82, 2.24) is 15.1 Å². The molecule has 0 bridgehead atoms. The van der Waals surface area contributed by atoms with Crippen molar-refractivity contribution in [2.24, 2.45) is 0 Å². The zero-order valence-electron chi connectivity index (χ0n) is 14.7. The molecule has 142 valence electrons. The number of nitrogens with zero attached hydrogens (tertiary/aromatic N) is 2. The molecule has 3 rings (SSSR count). The van der Waals surface area contributed by atoms with Crippen LogP contribution in [0, 0.1) is 0 Å². The second kappa shape index (κ2) is 8.24. The van der Waals surface area contributed by atoms with Crippen LogP contribution in [0.1, 0.15) is 17.9 Å². The van der Waals surface area contributed by atoms with Crippen LogP contribution in [0.25, 0.3) is 0 Å². The van der Waals surface area contributed by atoms with Gasteiger partial charge in [-0.1, -0.05) is 23.7 Å². The van der Waals surface area contributed by atoms with Gasteiger partial charge in [0.05, 0.1) is 19.3 Å². The Balaban J connectivity index is 1.47. The van der Waals surface area contributed by atoms with Gasteiger partial charge in [-0.05, 0) is 31.2 Å². The predicted molar refractivity (Wildman–Crippen MR) is 97.6 cm³/mol. The van der Waals surface area contributed by atoms with Gasteiger partial charge in [-0.15, -0.1) is 0 Å². The average molecular weight is 382 g/mol. The van der Waals surface area contributed by atoms with Gasteiger partial charge >= 0.3 is 12.0 Å². The van der Waals surface area contributed by atoms with Gasteiger partial charge in [0.15, 0.2) is 0 Å². The quantitative estimate of drug-likeness (QED) is 0.782. The van der Waals surface area contributed by atoms with E-state index in [0.29, 0.717) is 37.2 Å². The first-order valence-electron chi connectivity index (χ1n) is 8.75. The minimum absolute atomic E-state index is 0.0462. The number of carbonyl (C=O) groups is 2. The molecule has 1 saturated carbocycles. The molecule has 2 aliphatic rings. The number of carboxylic acids is 1. The number of morpholine rings is 1. The number of carboxylic acid groups (broad SMARTS) is 1. The molecule has 8 heteroatoms. The van der Waals surface area contributed by atoms with Gasteiger partial charge in [-0.2, -0.15) is 0 Å². The molecule has 2 amide bonds. The molecule has 1 aromatic rings. The maximum atomic E-state index is 12.5. The molecular weight excluding hydrogens is 358 g/mol. The Kier molecular flexibility index (Phi) is 6.01. The van der Waals surface area contributed by atoms with E-state index in [-0.39, 0.29) is 24.7 Å². The fourth-order valence-electron chi connectivity index (χ4n) is 3.37. The second-order valence-electron chi connectivity index (χ2n) is 6.98. The van der Waals surface area contributed by atoms with Gasteiger partial charge in [0.2, 0.25) is 0 Å². The Labute approximate surface area is 157 Å². The zero-order valence-corrected chi connectivity index (χ0v) is 15.5. The minimum atomic E-state index is -0.876. The largest absolute Gasteiger partial charge is 0.480 e. The summed E-state index contributed by atoms with van der Waals surface area (Å²) in [6, 6.07) is 7.80. The predicted octanol–water partition coefficient (Wildman–Crippen LogP) is 1.62. The molecule has 2 N–H and O–H groups in total. The highest BCUT2D eigenvalue weighted by molar-refractivity contribution is 6.30. The Hall–Kier alpha value is -1.83. The fraction of sp³-hybridized carbons (Fsp3) is 0.556. The van der Waals surface area contributed by atoms with Crippen LogP contribution in [0.4, 0.5) is 4.79 Å². The van der Waals surface area contributed by atoms with Crippen LogP contribution in [-0.4, -0.2) is 78.9 Å². The molecule has 1 saturated heterocycles. The highest BCUT2D eigenvalue weighted by Gasteiger charge is 2.40. The Morgan fingerprint density at radius 3 is 3.00 bits per heavy atom. The van der Waals surface area contributed by atoms with Crippen molar-refractivity contribution in [3.05, 3.63) is 34.9 Å². The summed E-state index contributed by atoms with van der Waals surface area (Å²) in [5.74, 6) is -0.560. The monoisotopic (exact) mass is 381 g/mol. The molecule has 3 atom stereocenters. The molecule has 2 fully saturated rings. The summed E-state index contributed by atoms with van der Waals surface area (Å²) < 4.78 is 5.66. The van der Waals surface area contributed by atoms with E-state index in [1.807, 2.05) is 24.3 Å². The number of urea groups is 1. The lowest BCUT2D eigenvalue weighted by Crippen LogP contribution is -2.52. The maximum Gasteiger partial charge on any atom is 0.317 e. The van der Waals surface area contributed by atoms with Crippen molar-refractivity contribution in [2.75, 3.05) is 39.8 Å². The van der Waals surface area contributed by atoms with E-state index in [9.17, 15) is 9.59 Å². The van der Waals surface area contributed by atoms with E-state index in [1.54, 1.807) is 16.8 Å². The average Bonchev–Trinajstić information content (AvgIpc) is 3.33. The number of hydrogen-bond donors (Lipinski definition) is 2. The van der Waals surface area contributed by atoms with Crippen LogP contribution in [0.3, 0.4) is 0 Å². The lowest BCUT2D eigenvalue weighted by molar-refractivity contribution is -0.138. The summed E-state index contributed by atoms with van der Waals surface area (Å²) in [6.07, 6.45) is 0.739. The van der Waals surface area contributed by atoms with Crippen LogP contribution in [0.2, 0.25) is 5.02 Å². The highest BCUT2D eigenvalue weighted by atomic mass is 35.5. The topological polar surface area (TPSA) is 82.1 Å². The first-order valence-corrected chi connectivity index (χ1v) is 9.13. The summed E-state index contributed by atoms with van der Waals surface area (Å²) >= 11 is 6.03. The molecule has 1 aliphatic carbocycles. The Morgan fingerprint density at radius 1 is 1.46 bits per heavy atom. The summed E-state index contributed by atoms with van der Waals surface area (Å²) in [7, 11) is 1.73. The third kappa shape index (κ3) is 5.09. The van der Waals surface area contributed by atoms with Crippen LogP contribution < -0.4 is 5.32 Å². The fourth-order valence-corrected chi connectivity index (χ4v) is 3.57. The van der Waals surface area contributed by atoms with Crippen molar-refractivity contribution in [3.8, 4) is 0 Å². The molecule has 26 heavy (non-hydrogen) atoms. The normalized spacial score (nSPS) is 25.2. The number of halogens is 1. The number of carbonyl (C=O) groups excluding carboxylic acids is 1. The second-order valence-corrected chi connectivity index (χ2v) is 7.42. The summed E-state index contributed by atoms with van der Waals surface area (Å²) in [6.45, 7) is 1.89. The first kappa shape index (κ1) is 18.9. The molecule has 1 aliphatic heterocycles.